The summed E-state index contributed by atoms with van der Waals surface area (Å²) in [7, 11) is -1.29. The molecule has 0 fully saturated rings. The largest absolute Gasteiger partial charge is 0.494 e. The lowest BCUT2D eigenvalue weighted by Gasteiger charge is -2.21. The van der Waals surface area contributed by atoms with Gasteiger partial charge in [0.05, 0.1) is 31.9 Å². The Morgan fingerprint density at radius 2 is 1.66 bits per heavy atom. The molecule has 0 unspecified atom stereocenters. The molecule has 0 aliphatic heterocycles. The summed E-state index contributed by atoms with van der Waals surface area (Å²) in [5.41, 5.74) is 0.864. The minimum Gasteiger partial charge on any atom is -0.494 e. The molecule has 0 spiro atoms. The molecular formula is C26H26F3N7O7S. The van der Waals surface area contributed by atoms with Gasteiger partial charge in [-0.15, -0.1) is 10.2 Å². The van der Waals surface area contributed by atoms with Crippen LogP contribution in [-0.4, -0.2) is 76.5 Å². The van der Waals surface area contributed by atoms with E-state index in [0.29, 0.717) is 22.7 Å². The van der Waals surface area contributed by atoms with Gasteiger partial charge < -0.3 is 18.9 Å². The van der Waals surface area contributed by atoms with Crippen LogP contribution in [-0.2, 0) is 19.6 Å². The minimum atomic E-state index is -5.17. The molecule has 14 nitrogen and oxygen atoms in total. The van der Waals surface area contributed by atoms with Crippen LogP contribution < -0.4 is 18.9 Å². The second-order valence-corrected chi connectivity index (χ2v) is 11.1. The van der Waals surface area contributed by atoms with Crippen LogP contribution in [0.5, 0.6) is 17.2 Å². The van der Waals surface area contributed by atoms with Crippen LogP contribution in [0.4, 0.5) is 19.1 Å². The summed E-state index contributed by atoms with van der Waals surface area (Å²) in [5.74, 6) is -2.44. The highest BCUT2D eigenvalue weighted by atomic mass is 32.2. The minimum absolute atomic E-state index is 0.0893. The van der Waals surface area contributed by atoms with Crippen molar-refractivity contribution in [3.8, 4) is 34.3 Å². The standard InChI is InChI=1S/C26H26F3N7O7S/c1-15(22-31-12-18(13-32-22)42-14-43-24(37)26(27,28)29)16(2)44(38,39)35-25-34-33-23(17-7-6-10-30-11-17)36(25)21-19(40-3)8-5-9-20(21)41-4/h5-13,15-16H,14H2,1-4H3,(H,34,35)/t15-,16-/m0/s1. The van der Waals surface area contributed by atoms with Crippen molar-refractivity contribution >= 4 is 21.9 Å². The van der Waals surface area contributed by atoms with Crippen molar-refractivity contribution in [3.63, 3.8) is 0 Å². The Balaban J connectivity index is 1.60. The number of nitrogens with zero attached hydrogens (tertiary/aromatic N) is 6. The number of ether oxygens (including phenoxy) is 4. The topological polar surface area (TPSA) is 170 Å². The van der Waals surface area contributed by atoms with Gasteiger partial charge in [-0.3, -0.25) is 14.3 Å². The maximum Gasteiger partial charge on any atom is 0.491 e. The lowest BCUT2D eigenvalue weighted by molar-refractivity contribution is -0.205. The highest BCUT2D eigenvalue weighted by Crippen LogP contribution is 2.38. The summed E-state index contributed by atoms with van der Waals surface area (Å²) in [6, 6.07) is 8.45. The van der Waals surface area contributed by atoms with Crippen LogP contribution in [0.3, 0.4) is 0 Å². The van der Waals surface area contributed by atoms with Gasteiger partial charge in [-0.1, -0.05) is 13.0 Å². The first-order valence-electron chi connectivity index (χ1n) is 12.6. The number of anilines is 1. The van der Waals surface area contributed by atoms with Gasteiger partial charge in [-0.25, -0.2) is 23.2 Å². The van der Waals surface area contributed by atoms with Crippen molar-refractivity contribution in [3.05, 3.63) is 60.9 Å². The SMILES string of the molecule is COc1cccc(OC)c1-n1c(NS(=O)(=O)[C@@H](C)[C@H](C)c2ncc(OCOC(=O)C(F)(F)F)cn2)nnc1-c1cccnc1. The second kappa shape index (κ2) is 13.1. The number of para-hydroxylation sites is 1. The maximum absolute atomic E-state index is 13.6. The molecule has 1 aromatic carbocycles. The molecule has 0 aliphatic rings. The van der Waals surface area contributed by atoms with Crippen LogP contribution >= 0.6 is 0 Å². The van der Waals surface area contributed by atoms with Crippen molar-refractivity contribution in [1.29, 1.82) is 0 Å². The molecule has 2 atom stereocenters. The van der Waals surface area contributed by atoms with Gasteiger partial charge in [0.15, 0.2) is 11.6 Å². The predicted molar refractivity (Wildman–Crippen MR) is 148 cm³/mol. The number of sulfonamides is 1. The Bertz CT molecular complexity index is 1680. The third kappa shape index (κ3) is 6.96. The van der Waals surface area contributed by atoms with E-state index >= 15 is 0 Å². The van der Waals surface area contributed by atoms with Crippen molar-refractivity contribution in [2.24, 2.45) is 0 Å². The molecule has 0 saturated heterocycles. The monoisotopic (exact) mass is 637 g/mol. The Labute approximate surface area is 249 Å². The number of aromatic nitrogens is 6. The highest BCUT2D eigenvalue weighted by Gasteiger charge is 2.41. The summed E-state index contributed by atoms with van der Waals surface area (Å²) >= 11 is 0. The van der Waals surface area contributed by atoms with E-state index in [1.54, 1.807) is 43.5 Å². The molecule has 234 valence electrons. The molecule has 0 saturated carbocycles. The molecule has 3 heterocycles. The van der Waals surface area contributed by atoms with E-state index in [9.17, 15) is 26.4 Å². The van der Waals surface area contributed by atoms with E-state index in [2.05, 4.69) is 34.6 Å². The van der Waals surface area contributed by atoms with E-state index in [0.717, 1.165) is 12.4 Å². The Morgan fingerprint density at radius 1 is 1.00 bits per heavy atom. The molecule has 4 rings (SSSR count). The van der Waals surface area contributed by atoms with Crippen LogP contribution in [0, 0.1) is 0 Å². The van der Waals surface area contributed by atoms with Crippen LogP contribution in [0.15, 0.2) is 55.1 Å². The first kappa shape index (κ1) is 31.9. The van der Waals surface area contributed by atoms with Crippen molar-refractivity contribution in [1.82, 2.24) is 29.7 Å². The maximum atomic E-state index is 13.6. The molecule has 0 bridgehead atoms. The zero-order valence-corrected chi connectivity index (χ0v) is 24.5. The van der Waals surface area contributed by atoms with Crippen LogP contribution in [0.2, 0.25) is 0 Å². The summed E-state index contributed by atoms with van der Waals surface area (Å²) in [5, 5.41) is 7.21. The van der Waals surface area contributed by atoms with E-state index < -0.39 is 40.1 Å². The Morgan fingerprint density at radius 3 is 2.23 bits per heavy atom. The number of hydrogen-bond acceptors (Lipinski definition) is 12. The Kier molecular flexibility index (Phi) is 9.51. The molecule has 4 aromatic rings. The molecular weight excluding hydrogens is 611 g/mol. The Hall–Kier alpha value is -5.00. The fraction of sp³-hybridized carbons (Fsp3) is 0.308. The van der Waals surface area contributed by atoms with Crippen LogP contribution in [0.25, 0.3) is 17.1 Å². The number of alkyl halides is 3. The van der Waals surface area contributed by atoms with Gasteiger partial charge >= 0.3 is 12.1 Å². The summed E-state index contributed by atoms with van der Waals surface area (Å²) < 4.78 is 87.9. The fourth-order valence-electron chi connectivity index (χ4n) is 3.86. The first-order valence-corrected chi connectivity index (χ1v) is 14.2. The summed E-state index contributed by atoms with van der Waals surface area (Å²) in [6.45, 7) is 1.98. The van der Waals surface area contributed by atoms with E-state index in [-0.39, 0.29) is 23.3 Å². The zero-order valence-electron chi connectivity index (χ0n) is 23.6. The number of rotatable bonds is 12. The number of halogens is 3. The van der Waals surface area contributed by atoms with Gasteiger partial charge in [0, 0.05) is 23.9 Å². The van der Waals surface area contributed by atoms with Gasteiger partial charge in [-0.2, -0.15) is 13.2 Å². The molecule has 0 radical (unpaired) electrons. The lowest BCUT2D eigenvalue weighted by Crippen LogP contribution is -2.31. The normalized spacial score (nSPS) is 13.1. The quantitative estimate of drug-likeness (QED) is 0.177. The number of nitrogens with one attached hydrogen (secondary N) is 1. The molecule has 0 aliphatic carbocycles. The number of benzene rings is 1. The molecule has 44 heavy (non-hydrogen) atoms. The third-order valence-electron chi connectivity index (χ3n) is 6.34. The first-order chi connectivity index (χ1) is 20.9. The van der Waals surface area contributed by atoms with Crippen molar-refractivity contribution in [2.75, 3.05) is 25.7 Å². The average Bonchev–Trinajstić information content (AvgIpc) is 3.42. The van der Waals surface area contributed by atoms with Crippen molar-refractivity contribution < 1.29 is 45.3 Å². The van der Waals surface area contributed by atoms with E-state index in [1.165, 1.54) is 31.9 Å². The van der Waals surface area contributed by atoms with Gasteiger partial charge in [0.2, 0.25) is 22.8 Å². The smallest absolute Gasteiger partial charge is 0.491 e. The molecule has 1 N–H and O–H groups in total. The highest BCUT2D eigenvalue weighted by molar-refractivity contribution is 7.93. The lowest BCUT2D eigenvalue weighted by atomic mass is 10.1. The number of carbonyl (C=O) groups is 1. The number of carbonyl (C=O) groups excluding carboxylic acids is 1. The number of esters is 1. The zero-order chi connectivity index (χ0) is 32.1. The number of hydrogen-bond donors (Lipinski definition) is 1. The molecule has 3 aromatic heterocycles. The average molecular weight is 638 g/mol. The molecule has 0 amide bonds. The van der Waals surface area contributed by atoms with Gasteiger partial charge in [-0.05, 0) is 31.2 Å². The number of pyridine rings is 1. The second-order valence-electron chi connectivity index (χ2n) is 9.05. The molecule has 18 heteroatoms. The van der Waals surface area contributed by atoms with Crippen molar-refractivity contribution in [2.45, 2.75) is 31.2 Å². The summed E-state index contributed by atoms with van der Waals surface area (Å²) in [6.07, 6.45) is 0.164. The van der Waals surface area contributed by atoms with Gasteiger partial charge in [0.1, 0.15) is 23.0 Å². The van der Waals surface area contributed by atoms with Crippen LogP contribution in [0.1, 0.15) is 25.6 Å². The van der Waals surface area contributed by atoms with Gasteiger partial charge in [0.25, 0.3) is 0 Å². The fourth-order valence-corrected chi connectivity index (χ4v) is 5.10. The predicted octanol–water partition coefficient (Wildman–Crippen LogP) is 3.51. The third-order valence-corrected chi connectivity index (χ3v) is 8.19. The van der Waals surface area contributed by atoms with E-state index in [4.69, 9.17) is 14.2 Å². The van der Waals surface area contributed by atoms with E-state index in [1.807, 2.05) is 0 Å². The number of methoxy groups -OCH3 is 2. The summed E-state index contributed by atoms with van der Waals surface area (Å²) in [4.78, 5) is 23.0.